The average molecular weight is 914 g/mol. The molecule has 1 aromatic carbocycles. The van der Waals surface area contributed by atoms with Crippen LogP contribution < -0.4 is 0 Å². The van der Waals surface area contributed by atoms with Gasteiger partial charge in [0.15, 0.2) is 4.84 Å². The van der Waals surface area contributed by atoms with Crippen LogP contribution in [0.3, 0.4) is 0 Å². The maximum atomic E-state index is 12.1. The molecule has 0 bridgehead atoms. The fourth-order valence-corrected chi connectivity index (χ4v) is 8.52. The van der Waals surface area contributed by atoms with Gasteiger partial charge in [0.1, 0.15) is 0 Å². The first-order valence-corrected chi connectivity index (χ1v) is 19.4. The molecule has 6 rings (SSSR count). The number of allylic oxidation sites excluding steroid dienone is 2. The minimum absolute atomic E-state index is 0.254. The van der Waals surface area contributed by atoms with Crippen molar-refractivity contribution in [2.45, 2.75) is 41.2 Å². The van der Waals surface area contributed by atoms with Gasteiger partial charge in [0.05, 0.1) is 34.8 Å². The normalized spacial score (nSPS) is 24.9. The van der Waals surface area contributed by atoms with Crippen LogP contribution in [0.2, 0.25) is 0 Å². The Bertz CT molecular complexity index is 1560. The van der Waals surface area contributed by atoms with Crippen LogP contribution in [0, 0.1) is 23.7 Å². The van der Waals surface area contributed by atoms with Gasteiger partial charge >= 0.3 is 0 Å². The fourth-order valence-electron chi connectivity index (χ4n) is 5.38. The van der Waals surface area contributed by atoms with E-state index in [1.165, 1.54) is 12.1 Å². The summed E-state index contributed by atoms with van der Waals surface area (Å²) < 4.78 is -3.40. The Hall–Kier alpha value is -0.280. The number of alkyl halides is 10. The summed E-state index contributed by atoms with van der Waals surface area (Å²) in [6.45, 7) is 0. The number of amides is 6. The zero-order valence-electron chi connectivity index (χ0n) is 24.2. The Kier molecular flexibility index (Phi) is 13.9. The van der Waals surface area contributed by atoms with E-state index in [0.29, 0.717) is 41.6 Å². The van der Waals surface area contributed by atoms with Gasteiger partial charge in [-0.1, -0.05) is 129 Å². The quantitative estimate of drug-likeness (QED) is 0.0968. The standard InChI is InChI=1S/C10H9Cl4NO2S.C9H8Cl3NO2S.C9H4Cl3NO2/c11-9(12)10(13,14)18-15-7(16)5-3-1-2-4-6(5)8(15)17;10-9(11,12)16-13-7(14)5-3-1-2-4-6(5)8(13)15;10-9(11,12)13-7(14)5-3-1-2-4-6(5)8(13)15/h1,3,5-6,9H,2,4H2;1,3,5-6H,2,4H2;1-4H. The monoisotopic (exact) mass is 909 g/mol. The van der Waals surface area contributed by atoms with Gasteiger partial charge in [0, 0.05) is 23.9 Å². The van der Waals surface area contributed by atoms with Crippen LogP contribution in [0.1, 0.15) is 46.4 Å². The number of carbonyl (C=O) groups is 6. The predicted octanol–water partition coefficient (Wildman–Crippen LogP) is 9.04. The van der Waals surface area contributed by atoms with E-state index in [0.717, 1.165) is 21.5 Å². The third kappa shape index (κ3) is 9.45. The third-order valence-electron chi connectivity index (χ3n) is 7.56. The van der Waals surface area contributed by atoms with Crippen molar-refractivity contribution in [1.82, 2.24) is 13.5 Å². The number of carbonyl (C=O) groups excluding carboxylic acids is 6. The molecule has 6 amide bonds. The summed E-state index contributed by atoms with van der Waals surface area (Å²) in [7, 11) is 0. The van der Waals surface area contributed by atoms with Crippen molar-refractivity contribution >= 4 is 175 Å². The van der Waals surface area contributed by atoms with Gasteiger partial charge < -0.3 is 0 Å². The van der Waals surface area contributed by atoms with E-state index in [1.807, 2.05) is 12.2 Å². The SMILES string of the molecule is O=C1C2C=CCCC2C(=O)N1SC(Cl)(Cl)C(Cl)Cl.O=C1C2C=CCCC2C(=O)N1SC(Cl)(Cl)Cl.O=C1c2ccccc2C(=O)N1C(Cl)(Cl)Cl. The Morgan fingerprint density at radius 2 is 1.04 bits per heavy atom. The molecular weight excluding hydrogens is 893 g/mol. The number of nitrogens with zero attached hydrogens (tertiary/aromatic N) is 3. The Balaban J connectivity index is 0.000000166. The molecule has 3 aliphatic heterocycles. The molecule has 4 atom stereocenters. The molecule has 0 saturated carbocycles. The lowest BCUT2D eigenvalue weighted by molar-refractivity contribution is -0.134. The highest BCUT2D eigenvalue weighted by Gasteiger charge is 2.52. The lowest BCUT2D eigenvalue weighted by Gasteiger charge is -2.24. The van der Waals surface area contributed by atoms with Crippen molar-refractivity contribution in [3.05, 3.63) is 59.7 Å². The maximum absolute atomic E-state index is 12.1. The van der Waals surface area contributed by atoms with E-state index in [1.54, 1.807) is 24.3 Å². The van der Waals surface area contributed by atoms with Crippen molar-refractivity contribution in [2.75, 3.05) is 0 Å². The Morgan fingerprint density at radius 3 is 1.39 bits per heavy atom. The first kappa shape index (κ1) is 41.5. The highest BCUT2D eigenvalue weighted by Crippen LogP contribution is 2.49. The number of hydrogen-bond donors (Lipinski definition) is 0. The fraction of sp³-hybridized carbons (Fsp3) is 0.429. The highest BCUT2D eigenvalue weighted by molar-refractivity contribution is 8.03. The van der Waals surface area contributed by atoms with Crippen molar-refractivity contribution < 1.29 is 28.8 Å². The molecule has 0 radical (unpaired) electrons. The molecule has 4 unspecified atom stereocenters. The molecule has 2 fully saturated rings. The predicted molar refractivity (Wildman–Crippen MR) is 197 cm³/mol. The lowest BCUT2D eigenvalue weighted by atomic mass is 9.86. The van der Waals surface area contributed by atoms with E-state index in [-0.39, 0.29) is 52.5 Å². The van der Waals surface area contributed by atoms with Gasteiger partial charge in [0.2, 0.25) is 27.3 Å². The zero-order chi connectivity index (χ0) is 36.6. The van der Waals surface area contributed by atoms with Gasteiger partial charge in [-0.05, 0) is 37.8 Å². The number of halogens is 10. The van der Waals surface area contributed by atoms with Crippen molar-refractivity contribution in [3.63, 3.8) is 0 Å². The van der Waals surface area contributed by atoms with Crippen LogP contribution in [0.5, 0.6) is 0 Å². The van der Waals surface area contributed by atoms with Gasteiger partial charge in [-0.2, -0.15) is 0 Å². The summed E-state index contributed by atoms with van der Waals surface area (Å²) in [5.74, 6) is -3.69. The molecule has 266 valence electrons. The minimum Gasteiger partial charge on any atom is -0.273 e. The molecule has 0 aromatic heterocycles. The molecule has 2 aliphatic carbocycles. The van der Waals surface area contributed by atoms with Crippen molar-refractivity contribution in [1.29, 1.82) is 0 Å². The van der Waals surface area contributed by atoms with Crippen molar-refractivity contribution in [2.24, 2.45) is 23.7 Å². The molecule has 2 saturated heterocycles. The van der Waals surface area contributed by atoms with Gasteiger partial charge in [-0.25, -0.2) is 13.5 Å². The Morgan fingerprint density at radius 1 is 0.633 bits per heavy atom. The van der Waals surface area contributed by atoms with Crippen LogP contribution in [-0.2, 0) is 19.2 Å². The third-order valence-corrected chi connectivity index (χ3v) is 12.7. The topological polar surface area (TPSA) is 112 Å². The summed E-state index contributed by atoms with van der Waals surface area (Å²) >= 11 is 57.6. The number of imide groups is 3. The molecule has 49 heavy (non-hydrogen) atoms. The molecule has 3 heterocycles. The van der Waals surface area contributed by atoms with E-state index >= 15 is 0 Å². The molecule has 9 nitrogen and oxygen atoms in total. The number of benzene rings is 1. The first-order valence-electron chi connectivity index (χ1n) is 13.9. The highest BCUT2D eigenvalue weighted by atomic mass is 35.6. The summed E-state index contributed by atoms with van der Waals surface area (Å²) in [6, 6.07) is 6.33. The van der Waals surface area contributed by atoms with E-state index in [2.05, 4.69) is 0 Å². The Labute approximate surface area is 339 Å². The van der Waals surface area contributed by atoms with Crippen LogP contribution in [-0.4, -0.2) is 64.5 Å². The van der Waals surface area contributed by atoms with Gasteiger partial charge in [-0.3, -0.25) is 28.8 Å². The number of hydrogen-bond acceptors (Lipinski definition) is 8. The summed E-state index contributed by atoms with van der Waals surface area (Å²) in [6.07, 6.45) is 10.3. The lowest BCUT2D eigenvalue weighted by Crippen LogP contribution is -2.39. The van der Waals surface area contributed by atoms with Crippen LogP contribution in [0.25, 0.3) is 0 Å². The first-order chi connectivity index (χ1) is 22.7. The van der Waals surface area contributed by atoms with E-state index < -0.39 is 33.3 Å². The maximum Gasteiger partial charge on any atom is 0.277 e. The van der Waals surface area contributed by atoms with Gasteiger partial charge in [-0.15, -0.1) is 23.2 Å². The molecular formula is C28H21Cl10N3O6S2. The molecule has 0 spiro atoms. The average Bonchev–Trinajstić information content (AvgIpc) is 3.53. The van der Waals surface area contributed by atoms with Crippen molar-refractivity contribution in [3.8, 4) is 0 Å². The molecule has 21 heteroatoms. The molecule has 5 aliphatic rings. The second-order valence-corrected chi connectivity index (χ2v) is 21.1. The summed E-state index contributed by atoms with van der Waals surface area (Å²) in [4.78, 5) is 70.9. The molecule has 1 aromatic rings. The molecule has 0 N–H and O–H groups in total. The second kappa shape index (κ2) is 16.4. The van der Waals surface area contributed by atoms with Crippen LogP contribution in [0.15, 0.2) is 48.6 Å². The number of rotatable bonds is 4. The number of fused-ring (bicyclic) bond motifs is 3. The van der Waals surface area contributed by atoms with Crippen LogP contribution in [0.4, 0.5) is 0 Å². The van der Waals surface area contributed by atoms with Crippen LogP contribution >= 0.6 is 140 Å². The largest absolute Gasteiger partial charge is 0.277 e. The second-order valence-electron chi connectivity index (χ2n) is 10.7. The van der Waals surface area contributed by atoms with Gasteiger partial charge in [0.25, 0.3) is 18.9 Å². The summed E-state index contributed by atoms with van der Waals surface area (Å²) in [5, 5.41) is 0. The van der Waals surface area contributed by atoms with E-state index in [4.69, 9.17) is 116 Å². The minimum atomic E-state index is -2.05. The smallest absolute Gasteiger partial charge is 0.273 e. The summed E-state index contributed by atoms with van der Waals surface area (Å²) in [5.41, 5.74) is 0.516. The zero-order valence-corrected chi connectivity index (χ0v) is 33.4. The van der Waals surface area contributed by atoms with E-state index in [9.17, 15) is 28.8 Å².